The minimum absolute atomic E-state index is 0. The average Bonchev–Trinajstić information content (AvgIpc) is 2.37. The van der Waals surface area contributed by atoms with Gasteiger partial charge in [0.25, 0.3) is 0 Å². The van der Waals surface area contributed by atoms with Crippen molar-refractivity contribution in [3.63, 3.8) is 0 Å². The van der Waals surface area contributed by atoms with Crippen LogP contribution in [-0.4, -0.2) is 21.0 Å². The zero-order valence-corrected chi connectivity index (χ0v) is 13.4. The smallest absolute Gasteiger partial charge is 0.241 e. The van der Waals surface area contributed by atoms with Crippen LogP contribution >= 0.6 is 12.4 Å². The van der Waals surface area contributed by atoms with E-state index in [1.807, 2.05) is 6.92 Å². The van der Waals surface area contributed by atoms with Gasteiger partial charge >= 0.3 is 0 Å². The van der Waals surface area contributed by atoms with Crippen LogP contribution in [0.1, 0.15) is 31.7 Å². The van der Waals surface area contributed by atoms with Crippen molar-refractivity contribution in [3.8, 4) is 0 Å². The highest BCUT2D eigenvalue weighted by Crippen LogP contribution is 2.18. The summed E-state index contributed by atoms with van der Waals surface area (Å²) in [6.07, 6.45) is 2.55. The summed E-state index contributed by atoms with van der Waals surface area (Å²) in [4.78, 5) is -0.0255. The van der Waals surface area contributed by atoms with Crippen LogP contribution in [0.2, 0.25) is 0 Å². The van der Waals surface area contributed by atoms with Gasteiger partial charge in [0.1, 0.15) is 5.82 Å². The van der Waals surface area contributed by atoms with Crippen molar-refractivity contribution in [1.29, 1.82) is 0 Å². The van der Waals surface area contributed by atoms with Gasteiger partial charge in [-0.15, -0.1) is 12.4 Å². The molecule has 1 rings (SSSR count). The molecule has 0 amide bonds. The Kier molecular flexibility index (Phi) is 8.27. The van der Waals surface area contributed by atoms with Gasteiger partial charge < -0.3 is 5.73 Å². The lowest BCUT2D eigenvalue weighted by Crippen LogP contribution is -2.40. The Morgan fingerprint density at radius 2 is 2.05 bits per heavy atom. The lowest BCUT2D eigenvalue weighted by molar-refractivity contribution is 0.515. The molecule has 7 heteroatoms. The Morgan fingerprint density at radius 3 is 2.60 bits per heavy atom. The van der Waals surface area contributed by atoms with Gasteiger partial charge in [0.15, 0.2) is 0 Å². The quantitative estimate of drug-likeness (QED) is 0.808. The summed E-state index contributed by atoms with van der Waals surface area (Å²) in [7, 11) is -3.73. The van der Waals surface area contributed by atoms with E-state index >= 15 is 0 Å². The summed E-state index contributed by atoms with van der Waals surface area (Å²) < 4.78 is 40.4. The highest BCUT2D eigenvalue weighted by atomic mass is 35.5. The van der Waals surface area contributed by atoms with Gasteiger partial charge in [-0.05, 0) is 25.5 Å². The number of nitrogens with two attached hydrogens (primary N) is 1. The van der Waals surface area contributed by atoms with Gasteiger partial charge in [-0.25, -0.2) is 17.5 Å². The maximum Gasteiger partial charge on any atom is 0.241 e. The van der Waals surface area contributed by atoms with Gasteiger partial charge in [0.05, 0.1) is 4.90 Å². The van der Waals surface area contributed by atoms with E-state index in [2.05, 4.69) is 4.72 Å². The summed E-state index contributed by atoms with van der Waals surface area (Å²) >= 11 is 0. The van der Waals surface area contributed by atoms with E-state index < -0.39 is 15.8 Å². The number of halogens is 2. The minimum atomic E-state index is -3.73. The van der Waals surface area contributed by atoms with Crippen LogP contribution in [-0.2, 0) is 10.0 Å². The van der Waals surface area contributed by atoms with Crippen LogP contribution in [0.15, 0.2) is 23.1 Å². The van der Waals surface area contributed by atoms with E-state index in [1.165, 1.54) is 25.1 Å². The van der Waals surface area contributed by atoms with E-state index in [1.54, 1.807) is 0 Å². The Bertz CT molecular complexity index is 523. The molecule has 0 spiro atoms. The highest BCUT2D eigenvalue weighted by molar-refractivity contribution is 7.89. The first kappa shape index (κ1) is 19.3. The number of benzene rings is 1. The molecule has 1 unspecified atom stereocenters. The van der Waals surface area contributed by atoms with E-state index in [9.17, 15) is 12.8 Å². The zero-order chi connectivity index (χ0) is 14.5. The SMILES string of the molecule is CCCCC(CN)NS(=O)(=O)c1cccc(F)c1C.Cl. The Balaban J connectivity index is 0.00000361. The highest BCUT2D eigenvalue weighted by Gasteiger charge is 2.21. The van der Waals surface area contributed by atoms with E-state index in [0.717, 1.165) is 12.8 Å². The van der Waals surface area contributed by atoms with Crippen molar-refractivity contribution < 1.29 is 12.8 Å². The first-order valence-corrected chi connectivity index (χ1v) is 7.88. The molecule has 116 valence electrons. The zero-order valence-electron chi connectivity index (χ0n) is 11.7. The molecule has 0 heterocycles. The fraction of sp³-hybridized carbons (Fsp3) is 0.538. The fourth-order valence-corrected chi connectivity index (χ4v) is 3.38. The molecule has 20 heavy (non-hydrogen) atoms. The standard InChI is InChI=1S/C13H21FN2O2S.ClH/c1-3-4-6-11(9-15)16-19(17,18)13-8-5-7-12(14)10(13)2;/h5,7-8,11,16H,3-4,6,9,15H2,1-2H3;1H. The minimum Gasteiger partial charge on any atom is -0.329 e. The molecule has 4 nitrogen and oxygen atoms in total. The normalized spacial score (nSPS) is 12.8. The predicted octanol–water partition coefficient (Wildman–Crippen LogP) is 2.35. The summed E-state index contributed by atoms with van der Waals surface area (Å²) in [5.41, 5.74) is 5.69. The predicted molar refractivity (Wildman–Crippen MR) is 81.1 cm³/mol. The second kappa shape index (κ2) is 8.56. The van der Waals surface area contributed by atoms with Crippen LogP contribution < -0.4 is 10.5 Å². The number of sulfonamides is 1. The molecule has 0 bridgehead atoms. The molecule has 0 aliphatic heterocycles. The molecule has 1 aromatic carbocycles. The van der Waals surface area contributed by atoms with Gasteiger partial charge in [-0.1, -0.05) is 25.8 Å². The lowest BCUT2D eigenvalue weighted by atomic mass is 10.1. The molecule has 1 atom stereocenters. The molecule has 0 saturated carbocycles. The summed E-state index contributed by atoms with van der Waals surface area (Å²) in [6, 6.07) is 3.72. The Morgan fingerprint density at radius 1 is 1.40 bits per heavy atom. The first-order chi connectivity index (χ1) is 8.92. The van der Waals surface area contributed by atoms with Crippen molar-refractivity contribution in [1.82, 2.24) is 4.72 Å². The Hall–Kier alpha value is -0.690. The molecular formula is C13H22ClFN2O2S. The van der Waals surface area contributed by atoms with Gasteiger partial charge in [-0.2, -0.15) is 0 Å². The van der Waals surface area contributed by atoms with Crippen molar-refractivity contribution in [2.45, 2.75) is 44.0 Å². The van der Waals surface area contributed by atoms with Crippen molar-refractivity contribution in [3.05, 3.63) is 29.6 Å². The van der Waals surface area contributed by atoms with Crippen molar-refractivity contribution in [2.24, 2.45) is 5.73 Å². The van der Waals surface area contributed by atoms with Crippen LogP contribution in [0.3, 0.4) is 0 Å². The summed E-state index contributed by atoms with van der Waals surface area (Å²) in [5.74, 6) is -0.527. The van der Waals surface area contributed by atoms with Crippen LogP contribution in [0.5, 0.6) is 0 Å². The summed E-state index contributed by atoms with van der Waals surface area (Å²) in [6.45, 7) is 3.71. The van der Waals surface area contributed by atoms with Crippen LogP contribution in [0.25, 0.3) is 0 Å². The largest absolute Gasteiger partial charge is 0.329 e. The van der Waals surface area contributed by atoms with Gasteiger partial charge in [0.2, 0.25) is 10.0 Å². The lowest BCUT2D eigenvalue weighted by Gasteiger charge is -2.17. The molecule has 0 radical (unpaired) electrons. The van der Waals surface area contributed by atoms with E-state index in [-0.39, 0.29) is 35.5 Å². The first-order valence-electron chi connectivity index (χ1n) is 6.40. The molecular weight excluding hydrogens is 303 g/mol. The molecule has 1 aromatic rings. The maximum atomic E-state index is 13.4. The Labute approximate surface area is 126 Å². The van der Waals surface area contributed by atoms with Gasteiger partial charge in [-0.3, -0.25) is 0 Å². The molecule has 0 fully saturated rings. The van der Waals surface area contributed by atoms with Crippen LogP contribution in [0, 0.1) is 12.7 Å². The molecule has 0 aliphatic carbocycles. The van der Waals surface area contributed by atoms with Gasteiger partial charge in [0, 0.05) is 18.2 Å². The molecule has 0 saturated heterocycles. The second-order valence-corrected chi connectivity index (χ2v) is 6.24. The number of rotatable bonds is 7. The third-order valence-corrected chi connectivity index (χ3v) is 4.68. The molecule has 0 aliphatic rings. The summed E-state index contributed by atoms with van der Waals surface area (Å²) in [5, 5.41) is 0. The number of hydrogen-bond donors (Lipinski definition) is 2. The third-order valence-electron chi connectivity index (χ3n) is 3.02. The number of unbranched alkanes of at least 4 members (excludes halogenated alkanes) is 1. The van der Waals surface area contributed by atoms with Crippen molar-refractivity contribution in [2.75, 3.05) is 6.54 Å². The number of hydrogen-bond acceptors (Lipinski definition) is 3. The maximum absolute atomic E-state index is 13.4. The van der Waals surface area contributed by atoms with Crippen molar-refractivity contribution >= 4 is 22.4 Å². The van der Waals surface area contributed by atoms with E-state index in [4.69, 9.17) is 5.73 Å². The monoisotopic (exact) mass is 324 g/mol. The van der Waals surface area contributed by atoms with E-state index in [0.29, 0.717) is 6.42 Å². The second-order valence-electron chi connectivity index (χ2n) is 4.56. The fourth-order valence-electron chi connectivity index (χ4n) is 1.84. The topological polar surface area (TPSA) is 72.2 Å². The van der Waals surface area contributed by atoms with Crippen LogP contribution in [0.4, 0.5) is 4.39 Å². The third kappa shape index (κ3) is 5.01. The number of nitrogens with one attached hydrogen (secondary N) is 1. The molecule has 3 N–H and O–H groups in total. The average molecular weight is 325 g/mol. The molecule has 0 aromatic heterocycles.